The molecular formula is C23H18IN4O5+. The summed E-state index contributed by atoms with van der Waals surface area (Å²) in [5.41, 5.74) is 4.07. The molecule has 0 aliphatic rings. The number of hydrogen-bond acceptors (Lipinski definition) is 6. The standard InChI is InChI=1S/C23H17IN4O5/c1-33-28(32)20-11-14(10-17(24)23(20)31)12-25-26-21(29)13-27-18-8-4-2-6-15(18)22(30)16-7-3-5-9-19(16)27/h2-12H,13H2,1H3,(H-,25,26,29,31,32)/p+1. The lowest BCUT2D eigenvalue weighted by Gasteiger charge is -2.14. The van der Waals surface area contributed by atoms with Crippen molar-refractivity contribution in [1.29, 1.82) is 0 Å². The summed E-state index contributed by atoms with van der Waals surface area (Å²) >= 11 is 1.87. The van der Waals surface area contributed by atoms with Crippen LogP contribution in [0.1, 0.15) is 5.56 Å². The summed E-state index contributed by atoms with van der Waals surface area (Å²) in [4.78, 5) is 42.0. The van der Waals surface area contributed by atoms with Crippen molar-refractivity contribution in [1.82, 2.24) is 9.99 Å². The number of nitrogens with one attached hydrogen (secondary N) is 1. The van der Waals surface area contributed by atoms with Crippen LogP contribution < -0.4 is 10.9 Å². The minimum atomic E-state index is -0.402. The van der Waals surface area contributed by atoms with E-state index in [1.54, 1.807) is 47.0 Å². The number of benzene rings is 3. The second-order valence-electron chi connectivity index (χ2n) is 7.05. The van der Waals surface area contributed by atoms with Gasteiger partial charge in [-0.1, -0.05) is 24.3 Å². The maximum absolute atomic E-state index is 12.8. The van der Waals surface area contributed by atoms with E-state index in [0.29, 0.717) is 30.9 Å². The summed E-state index contributed by atoms with van der Waals surface area (Å²) in [5.74, 6) is -0.619. The molecule has 166 valence electrons. The maximum atomic E-state index is 12.8. The minimum Gasteiger partial charge on any atom is -0.501 e. The first-order valence-corrected chi connectivity index (χ1v) is 10.8. The van der Waals surface area contributed by atoms with Crippen LogP contribution in [0.4, 0.5) is 5.69 Å². The Kier molecular flexibility index (Phi) is 6.36. The van der Waals surface area contributed by atoms with Gasteiger partial charge in [0.25, 0.3) is 10.8 Å². The number of pyridine rings is 1. The van der Waals surface area contributed by atoms with E-state index in [9.17, 15) is 19.6 Å². The fourth-order valence-corrected chi connectivity index (χ4v) is 4.16. The number of aromatic nitrogens is 1. The molecule has 0 radical (unpaired) electrons. The number of aromatic hydroxyl groups is 1. The quantitative estimate of drug-likeness (QED) is 0.163. The third kappa shape index (κ3) is 4.42. The number of halogens is 1. The number of carbonyl (C=O) groups excluding carboxylic acids is 1. The van der Waals surface area contributed by atoms with E-state index in [4.69, 9.17) is 0 Å². The van der Waals surface area contributed by atoms with Crippen molar-refractivity contribution >= 4 is 62.2 Å². The Labute approximate surface area is 201 Å². The molecule has 1 amide bonds. The lowest BCUT2D eigenvalue weighted by molar-refractivity contribution is -0.737. The molecule has 2 N–H and O–H groups in total. The van der Waals surface area contributed by atoms with Gasteiger partial charge >= 0.3 is 5.69 Å². The Morgan fingerprint density at radius 2 is 1.76 bits per heavy atom. The van der Waals surface area contributed by atoms with E-state index in [-0.39, 0.29) is 28.3 Å². The molecule has 10 heteroatoms. The molecule has 0 fully saturated rings. The van der Waals surface area contributed by atoms with Crippen molar-refractivity contribution in [3.05, 3.63) is 84.9 Å². The number of hydrogen-bond donors (Lipinski definition) is 2. The Balaban J connectivity index is 1.61. The van der Waals surface area contributed by atoms with Gasteiger partial charge < -0.3 is 9.67 Å². The predicted molar refractivity (Wildman–Crippen MR) is 133 cm³/mol. The molecule has 1 aromatic heterocycles. The van der Waals surface area contributed by atoms with Gasteiger partial charge in [-0.05, 0) is 52.9 Å². The molecule has 0 aliphatic carbocycles. The van der Waals surface area contributed by atoms with Crippen LogP contribution in [0.2, 0.25) is 0 Å². The second kappa shape index (κ2) is 9.36. The van der Waals surface area contributed by atoms with E-state index in [2.05, 4.69) is 15.4 Å². The summed E-state index contributed by atoms with van der Waals surface area (Å²) in [7, 11) is 1.19. The molecule has 4 aromatic rings. The number of carbonyl (C=O) groups is 1. The zero-order valence-corrected chi connectivity index (χ0v) is 19.5. The van der Waals surface area contributed by atoms with Crippen LogP contribution in [-0.2, 0) is 16.2 Å². The Morgan fingerprint density at radius 3 is 2.36 bits per heavy atom. The number of rotatable bonds is 6. The van der Waals surface area contributed by atoms with Gasteiger partial charge in [-0.3, -0.25) is 9.59 Å². The van der Waals surface area contributed by atoms with Gasteiger partial charge in [-0.2, -0.15) is 5.10 Å². The summed E-state index contributed by atoms with van der Waals surface area (Å²) in [6, 6.07) is 17.2. The minimum absolute atomic E-state index is 0.0605. The van der Waals surface area contributed by atoms with Crippen molar-refractivity contribution in [3.63, 3.8) is 0 Å². The summed E-state index contributed by atoms with van der Waals surface area (Å²) in [5, 5.41) is 15.0. The van der Waals surface area contributed by atoms with Crippen molar-refractivity contribution in [3.8, 4) is 5.75 Å². The number of hydrazone groups is 1. The Hall–Kier alpha value is -3.80. The topological polar surface area (TPSA) is 113 Å². The van der Waals surface area contributed by atoms with Crippen LogP contribution >= 0.6 is 22.6 Å². The zero-order chi connectivity index (χ0) is 23.5. The number of amides is 1. The van der Waals surface area contributed by atoms with Crippen LogP contribution in [0.3, 0.4) is 0 Å². The molecule has 0 saturated heterocycles. The van der Waals surface area contributed by atoms with Crippen molar-refractivity contribution < 1.29 is 19.7 Å². The fraction of sp³-hybridized carbons (Fsp3) is 0.0870. The van der Waals surface area contributed by atoms with Crippen molar-refractivity contribution in [2.45, 2.75) is 6.54 Å². The fourth-order valence-electron chi connectivity index (χ4n) is 3.52. The van der Waals surface area contributed by atoms with Crippen LogP contribution in [-0.4, -0.2) is 33.8 Å². The van der Waals surface area contributed by atoms with E-state index in [1.165, 1.54) is 19.4 Å². The highest BCUT2D eigenvalue weighted by Gasteiger charge is 2.23. The van der Waals surface area contributed by atoms with E-state index >= 15 is 0 Å². The van der Waals surface area contributed by atoms with Gasteiger partial charge in [0.2, 0.25) is 5.75 Å². The van der Waals surface area contributed by atoms with E-state index in [0.717, 1.165) is 0 Å². The van der Waals surface area contributed by atoms with E-state index in [1.807, 2.05) is 34.7 Å². The second-order valence-corrected chi connectivity index (χ2v) is 8.22. The van der Waals surface area contributed by atoms with E-state index < -0.39 is 5.91 Å². The lowest BCUT2D eigenvalue weighted by Crippen LogP contribution is -2.25. The molecule has 0 unspecified atom stereocenters. The predicted octanol–water partition coefficient (Wildman–Crippen LogP) is 3.59. The smallest absolute Gasteiger partial charge is 0.359 e. The Bertz CT molecular complexity index is 1440. The van der Waals surface area contributed by atoms with Gasteiger partial charge in [-0.25, -0.2) is 10.3 Å². The molecule has 0 atom stereocenters. The number of phenols is 1. The molecule has 0 aliphatic heterocycles. The summed E-state index contributed by atoms with van der Waals surface area (Å²) in [6.45, 7) is -0.0605. The number of para-hydroxylation sites is 2. The third-order valence-electron chi connectivity index (χ3n) is 5.01. The maximum Gasteiger partial charge on any atom is 0.359 e. The molecule has 1 heterocycles. The average Bonchev–Trinajstić information content (AvgIpc) is 2.83. The first-order chi connectivity index (χ1) is 15.9. The van der Waals surface area contributed by atoms with Crippen molar-refractivity contribution in [2.24, 2.45) is 5.10 Å². The highest BCUT2D eigenvalue weighted by molar-refractivity contribution is 14.1. The first kappa shape index (κ1) is 22.4. The molecule has 0 saturated carbocycles. The zero-order valence-electron chi connectivity index (χ0n) is 17.4. The van der Waals surface area contributed by atoms with Gasteiger partial charge in [0.15, 0.2) is 12.5 Å². The molecule has 0 bridgehead atoms. The van der Waals surface area contributed by atoms with Crippen LogP contribution in [0.5, 0.6) is 5.75 Å². The lowest BCUT2D eigenvalue weighted by atomic mass is 10.1. The van der Waals surface area contributed by atoms with Gasteiger partial charge in [-0.15, -0.1) is 0 Å². The SMILES string of the molecule is CO[N+](=O)c1cc(/C=N/NC(=O)Cn2c3ccccc3c(=O)c3ccccc32)cc(I)c1O. The first-order valence-electron chi connectivity index (χ1n) is 9.76. The van der Waals surface area contributed by atoms with Gasteiger partial charge in [0.1, 0.15) is 6.54 Å². The molecular weight excluding hydrogens is 539 g/mol. The Morgan fingerprint density at radius 1 is 1.15 bits per heavy atom. The summed E-state index contributed by atoms with van der Waals surface area (Å²) in [6.07, 6.45) is 1.36. The number of nitrogens with zero attached hydrogens (tertiary/aromatic N) is 3. The largest absolute Gasteiger partial charge is 0.501 e. The van der Waals surface area contributed by atoms with Crippen LogP contribution in [0, 0.1) is 8.48 Å². The summed E-state index contributed by atoms with van der Waals surface area (Å²) < 4.78 is 2.19. The molecule has 9 nitrogen and oxygen atoms in total. The average molecular weight is 557 g/mol. The van der Waals surface area contributed by atoms with Gasteiger partial charge in [0.05, 0.1) is 25.7 Å². The normalized spacial score (nSPS) is 11.2. The van der Waals surface area contributed by atoms with Crippen LogP contribution in [0.15, 0.2) is 70.6 Å². The molecule has 3 aromatic carbocycles. The molecule has 0 spiro atoms. The highest BCUT2D eigenvalue weighted by atomic mass is 127. The highest BCUT2D eigenvalue weighted by Crippen LogP contribution is 2.32. The third-order valence-corrected chi connectivity index (χ3v) is 5.83. The molecule has 33 heavy (non-hydrogen) atoms. The number of fused-ring (bicyclic) bond motifs is 2. The van der Waals surface area contributed by atoms with Crippen molar-refractivity contribution in [2.75, 3.05) is 7.11 Å². The van der Waals surface area contributed by atoms with Gasteiger partial charge in [0, 0.05) is 22.4 Å². The monoisotopic (exact) mass is 557 g/mol. The van der Waals surface area contributed by atoms with Crippen LogP contribution in [0.25, 0.3) is 21.8 Å². The number of phenolic OH excluding ortho intramolecular Hbond substituents is 1. The molecule has 4 rings (SSSR count).